The number of carbonyl (C=O) groups excluding carboxylic acids is 2. The average molecular weight is 356 g/mol. The minimum Gasteiger partial charge on any atom is -0.468 e. The molecule has 0 radical (unpaired) electrons. The number of piperidine rings is 1. The normalized spacial score (nSPS) is 19.0. The Morgan fingerprint density at radius 3 is 2.92 bits per heavy atom. The Labute approximate surface area is 140 Å². The van der Waals surface area contributed by atoms with Crippen molar-refractivity contribution in [2.24, 2.45) is 0 Å². The lowest BCUT2D eigenvalue weighted by Crippen LogP contribution is -2.36. The zero-order valence-corrected chi connectivity index (χ0v) is 14.6. The van der Waals surface area contributed by atoms with Crippen LogP contribution >= 0.6 is 8.18 Å². The second kappa shape index (κ2) is 8.28. The van der Waals surface area contributed by atoms with E-state index in [9.17, 15) is 19.4 Å². The Kier molecular flexibility index (Phi) is 6.36. The van der Waals surface area contributed by atoms with Crippen LogP contribution in [0.1, 0.15) is 29.9 Å². The van der Waals surface area contributed by atoms with Gasteiger partial charge in [0.25, 0.3) is 0 Å². The Morgan fingerprint density at radius 1 is 1.50 bits per heavy atom. The first-order valence-electron chi connectivity index (χ1n) is 7.53. The van der Waals surface area contributed by atoms with Crippen molar-refractivity contribution in [3.8, 4) is 5.75 Å². The number of methoxy groups -OCH3 is 1. The molecule has 1 amide bonds. The SMILES string of the molecule is COC(=O)CN[PH](=O)Oc1c(C)cccc1C1CCC(=O)N(O)C1. The highest BCUT2D eigenvalue weighted by Gasteiger charge is 2.28. The predicted molar refractivity (Wildman–Crippen MR) is 86.3 cm³/mol. The van der Waals surface area contributed by atoms with Crippen LogP contribution in [0.5, 0.6) is 5.75 Å². The van der Waals surface area contributed by atoms with Gasteiger partial charge in [0.05, 0.1) is 13.7 Å². The summed E-state index contributed by atoms with van der Waals surface area (Å²) in [6.07, 6.45) is 0.816. The van der Waals surface area contributed by atoms with Gasteiger partial charge in [-0.2, -0.15) is 0 Å². The number of hydrogen-bond acceptors (Lipinski definition) is 6. The summed E-state index contributed by atoms with van der Waals surface area (Å²) in [5.41, 5.74) is 1.56. The molecule has 9 heteroatoms. The Hall–Kier alpha value is -1.89. The van der Waals surface area contributed by atoms with Crippen molar-refractivity contribution in [3.63, 3.8) is 0 Å². The number of benzene rings is 1. The van der Waals surface area contributed by atoms with E-state index in [-0.39, 0.29) is 31.3 Å². The zero-order chi connectivity index (χ0) is 17.7. The van der Waals surface area contributed by atoms with Crippen LogP contribution in [0.3, 0.4) is 0 Å². The minimum absolute atomic E-state index is 0.113. The lowest BCUT2D eigenvalue weighted by molar-refractivity contribution is -0.171. The Bertz CT molecular complexity index is 651. The van der Waals surface area contributed by atoms with Gasteiger partial charge in [-0.1, -0.05) is 18.2 Å². The fourth-order valence-electron chi connectivity index (χ4n) is 2.56. The number of amides is 1. The number of hydrogen-bond donors (Lipinski definition) is 2. The molecule has 24 heavy (non-hydrogen) atoms. The minimum atomic E-state index is -2.70. The number of hydroxylamine groups is 2. The molecule has 0 bridgehead atoms. The fourth-order valence-corrected chi connectivity index (χ4v) is 3.39. The van der Waals surface area contributed by atoms with Crippen molar-refractivity contribution < 1.29 is 28.6 Å². The third kappa shape index (κ3) is 4.56. The molecule has 0 spiro atoms. The van der Waals surface area contributed by atoms with Crippen LogP contribution in [0.4, 0.5) is 0 Å². The number of aryl methyl sites for hydroxylation is 1. The van der Waals surface area contributed by atoms with E-state index in [4.69, 9.17) is 4.52 Å². The van der Waals surface area contributed by atoms with Gasteiger partial charge in [-0.15, -0.1) is 0 Å². The number of nitrogens with zero attached hydrogens (tertiary/aromatic N) is 1. The summed E-state index contributed by atoms with van der Waals surface area (Å²) in [6, 6.07) is 5.49. The number of rotatable bonds is 6. The summed E-state index contributed by atoms with van der Waals surface area (Å²) in [7, 11) is -1.45. The summed E-state index contributed by atoms with van der Waals surface area (Å²) in [5, 5.41) is 12.8. The molecule has 0 saturated carbocycles. The summed E-state index contributed by atoms with van der Waals surface area (Å²) < 4.78 is 22.1. The van der Waals surface area contributed by atoms with Crippen molar-refractivity contribution >= 4 is 20.1 Å². The quantitative estimate of drug-likeness (QED) is 0.453. The number of carbonyl (C=O) groups is 2. The molecule has 1 heterocycles. The molecular formula is C15H21N2O6P. The van der Waals surface area contributed by atoms with Crippen molar-refractivity contribution in [1.82, 2.24) is 10.2 Å². The van der Waals surface area contributed by atoms with E-state index in [2.05, 4.69) is 9.82 Å². The van der Waals surface area contributed by atoms with Gasteiger partial charge in [0, 0.05) is 12.3 Å². The molecule has 1 saturated heterocycles. The predicted octanol–water partition coefficient (Wildman–Crippen LogP) is 1.62. The monoisotopic (exact) mass is 356 g/mol. The molecule has 2 atom stereocenters. The zero-order valence-electron chi connectivity index (χ0n) is 13.6. The first-order valence-corrected chi connectivity index (χ1v) is 8.85. The smallest absolute Gasteiger partial charge is 0.320 e. The average Bonchev–Trinajstić information content (AvgIpc) is 2.57. The summed E-state index contributed by atoms with van der Waals surface area (Å²) in [5.74, 6) is -0.511. The van der Waals surface area contributed by atoms with Gasteiger partial charge in [0.15, 0.2) is 0 Å². The highest BCUT2D eigenvalue weighted by atomic mass is 31.1. The second-order valence-electron chi connectivity index (χ2n) is 5.52. The summed E-state index contributed by atoms with van der Waals surface area (Å²) >= 11 is 0. The number of para-hydroxylation sites is 1. The molecule has 1 aliphatic rings. The van der Waals surface area contributed by atoms with Gasteiger partial charge >= 0.3 is 14.1 Å². The Morgan fingerprint density at radius 2 is 2.25 bits per heavy atom. The second-order valence-corrected chi connectivity index (χ2v) is 6.66. The molecular weight excluding hydrogens is 335 g/mol. The number of ether oxygens (including phenoxy) is 1. The van der Waals surface area contributed by atoms with Crippen LogP contribution in [0.15, 0.2) is 18.2 Å². The largest absolute Gasteiger partial charge is 0.468 e. The topological polar surface area (TPSA) is 105 Å². The maximum atomic E-state index is 12.1. The van der Waals surface area contributed by atoms with Crippen molar-refractivity contribution in [3.05, 3.63) is 29.3 Å². The first-order chi connectivity index (χ1) is 11.4. The molecule has 1 aromatic carbocycles. The summed E-state index contributed by atoms with van der Waals surface area (Å²) in [4.78, 5) is 22.5. The Balaban J connectivity index is 2.13. The van der Waals surface area contributed by atoms with Gasteiger partial charge in [-0.05, 0) is 24.5 Å². The molecule has 132 valence electrons. The lowest BCUT2D eigenvalue weighted by Gasteiger charge is -2.29. The van der Waals surface area contributed by atoms with E-state index in [1.807, 2.05) is 25.1 Å². The van der Waals surface area contributed by atoms with Crippen LogP contribution in [0, 0.1) is 6.92 Å². The maximum absolute atomic E-state index is 12.1. The van der Waals surface area contributed by atoms with E-state index in [0.29, 0.717) is 17.2 Å². The van der Waals surface area contributed by atoms with Gasteiger partial charge in [0.1, 0.15) is 12.3 Å². The van der Waals surface area contributed by atoms with Gasteiger partial charge in [-0.3, -0.25) is 19.4 Å². The third-order valence-electron chi connectivity index (χ3n) is 3.87. The van der Waals surface area contributed by atoms with E-state index in [1.54, 1.807) is 0 Å². The molecule has 2 rings (SSSR count). The van der Waals surface area contributed by atoms with Crippen LogP contribution in [0.2, 0.25) is 0 Å². The molecule has 0 aliphatic carbocycles. The van der Waals surface area contributed by atoms with E-state index in [0.717, 1.165) is 11.1 Å². The van der Waals surface area contributed by atoms with Gasteiger partial charge in [0.2, 0.25) is 5.91 Å². The van der Waals surface area contributed by atoms with Crippen LogP contribution in [-0.4, -0.2) is 42.3 Å². The summed E-state index contributed by atoms with van der Waals surface area (Å²) in [6.45, 7) is 1.77. The molecule has 8 nitrogen and oxygen atoms in total. The molecule has 2 N–H and O–H groups in total. The standard InChI is InChI=1S/C15H21N2O6P/c1-10-4-3-5-12(11-6-7-13(18)17(20)9-11)15(10)23-24(21)16-8-14(19)22-2/h3-5,11,20,24H,6-9H2,1-2H3,(H,16,21). The van der Waals surface area contributed by atoms with E-state index >= 15 is 0 Å². The lowest BCUT2D eigenvalue weighted by atomic mass is 9.89. The van der Waals surface area contributed by atoms with Gasteiger partial charge < -0.3 is 9.26 Å². The van der Waals surface area contributed by atoms with Crippen molar-refractivity contribution in [2.45, 2.75) is 25.7 Å². The molecule has 1 aliphatic heterocycles. The fraction of sp³-hybridized carbons (Fsp3) is 0.467. The highest BCUT2D eigenvalue weighted by Crippen LogP contribution is 2.38. The van der Waals surface area contributed by atoms with Crippen molar-refractivity contribution in [1.29, 1.82) is 0 Å². The third-order valence-corrected chi connectivity index (χ3v) is 4.72. The maximum Gasteiger partial charge on any atom is 0.320 e. The van der Waals surface area contributed by atoms with Crippen LogP contribution in [-0.2, 0) is 18.9 Å². The molecule has 1 fully saturated rings. The number of esters is 1. The first kappa shape index (κ1) is 18.4. The van der Waals surface area contributed by atoms with Crippen molar-refractivity contribution in [2.75, 3.05) is 20.2 Å². The molecule has 0 aromatic heterocycles. The van der Waals surface area contributed by atoms with Crippen LogP contribution in [0.25, 0.3) is 0 Å². The van der Waals surface area contributed by atoms with Gasteiger partial charge in [-0.25, -0.2) is 10.2 Å². The molecule has 1 aromatic rings. The highest BCUT2D eigenvalue weighted by molar-refractivity contribution is 7.37. The molecule has 2 unspecified atom stereocenters. The van der Waals surface area contributed by atoms with Crippen LogP contribution < -0.4 is 9.61 Å². The van der Waals surface area contributed by atoms with E-state index in [1.165, 1.54) is 7.11 Å². The van der Waals surface area contributed by atoms with E-state index < -0.39 is 14.1 Å². The number of nitrogens with one attached hydrogen (secondary N) is 1.